The molecule has 0 spiro atoms. The number of aryl methyl sites for hydroxylation is 1. The molecule has 26 heavy (non-hydrogen) atoms. The number of primary sulfonamides is 1. The summed E-state index contributed by atoms with van der Waals surface area (Å²) in [4.78, 5) is 12.2. The summed E-state index contributed by atoms with van der Waals surface area (Å²) >= 11 is 0. The Bertz CT molecular complexity index is 1120. The highest BCUT2D eigenvalue weighted by molar-refractivity contribution is 7.89. The second-order valence-corrected chi connectivity index (χ2v) is 7.09. The quantitative estimate of drug-likeness (QED) is 0.725. The molecule has 3 aromatic rings. The highest BCUT2D eigenvalue weighted by atomic mass is 32.2. The SMILES string of the molecule is COc1ccc(NC(=O)c2oc3ccc(F)cc3c2C)cc1S(N)(=O)=O. The second-order valence-electron chi connectivity index (χ2n) is 5.56. The van der Waals surface area contributed by atoms with E-state index in [2.05, 4.69) is 5.32 Å². The van der Waals surface area contributed by atoms with Gasteiger partial charge in [-0.3, -0.25) is 4.79 Å². The number of nitrogens with one attached hydrogen (secondary N) is 1. The molecule has 1 amide bonds. The lowest BCUT2D eigenvalue weighted by Crippen LogP contribution is -2.16. The van der Waals surface area contributed by atoms with Crippen LogP contribution in [0.5, 0.6) is 5.75 Å². The van der Waals surface area contributed by atoms with Crippen molar-refractivity contribution in [3.8, 4) is 5.75 Å². The number of carbonyl (C=O) groups is 1. The van der Waals surface area contributed by atoms with Crippen LogP contribution in [0.15, 0.2) is 45.7 Å². The first-order valence-electron chi connectivity index (χ1n) is 7.41. The van der Waals surface area contributed by atoms with Crippen molar-refractivity contribution in [2.45, 2.75) is 11.8 Å². The number of nitrogens with two attached hydrogens (primary N) is 1. The molecule has 0 bridgehead atoms. The van der Waals surface area contributed by atoms with Crippen molar-refractivity contribution in [1.29, 1.82) is 0 Å². The minimum absolute atomic E-state index is 0.00132. The summed E-state index contributed by atoms with van der Waals surface area (Å²) in [6, 6.07) is 7.95. The highest BCUT2D eigenvalue weighted by Gasteiger charge is 2.20. The number of furan rings is 1. The molecule has 136 valence electrons. The standard InChI is InChI=1S/C17H15FN2O5S/c1-9-12-7-10(18)3-5-13(12)25-16(9)17(21)20-11-4-6-14(24-2)15(8-11)26(19,22)23/h3-8H,1-2H3,(H,20,21)(H2,19,22,23). The second kappa shape index (κ2) is 6.43. The molecule has 1 aromatic heterocycles. The van der Waals surface area contributed by atoms with Gasteiger partial charge in [-0.2, -0.15) is 0 Å². The summed E-state index contributed by atoms with van der Waals surface area (Å²) in [5, 5.41) is 8.18. The number of rotatable bonds is 4. The van der Waals surface area contributed by atoms with Gasteiger partial charge < -0.3 is 14.5 Å². The van der Waals surface area contributed by atoms with E-state index in [-0.39, 0.29) is 22.1 Å². The number of methoxy groups -OCH3 is 1. The minimum atomic E-state index is -4.04. The summed E-state index contributed by atoms with van der Waals surface area (Å²) < 4.78 is 47.1. The summed E-state index contributed by atoms with van der Waals surface area (Å²) in [6.07, 6.45) is 0. The number of ether oxygens (including phenoxy) is 1. The van der Waals surface area contributed by atoms with Gasteiger partial charge in [-0.25, -0.2) is 17.9 Å². The average molecular weight is 378 g/mol. The van der Waals surface area contributed by atoms with Crippen LogP contribution < -0.4 is 15.2 Å². The molecule has 1 heterocycles. The lowest BCUT2D eigenvalue weighted by atomic mass is 10.1. The van der Waals surface area contributed by atoms with Gasteiger partial charge in [0.15, 0.2) is 5.76 Å². The maximum Gasteiger partial charge on any atom is 0.291 e. The van der Waals surface area contributed by atoms with Crippen LogP contribution >= 0.6 is 0 Å². The number of benzene rings is 2. The number of hydrogen-bond donors (Lipinski definition) is 2. The van der Waals surface area contributed by atoms with Gasteiger partial charge in [-0.15, -0.1) is 0 Å². The molecule has 0 aliphatic rings. The number of halogens is 1. The van der Waals surface area contributed by atoms with Gasteiger partial charge in [0.05, 0.1) is 7.11 Å². The molecule has 0 saturated heterocycles. The van der Waals surface area contributed by atoms with Gasteiger partial charge >= 0.3 is 0 Å². The van der Waals surface area contributed by atoms with Gasteiger partial charge in [-0.05, 0) is 43.3 Å². The molecule has 3 N–H and O–H groups in total. The average Bonchev–Trinajstić information content (AvgIpc) is 2.90. The fraction of sp³-hybridized carbons (Fsp3) is 0.118. The topological polar surface area (TPSA) is 112 Å². The van der Waals surface area contributed by atoms with Crippen LogP contribution in [0.2, 0.25) is 0 Å². The molecule has 0 radical (unpaired) electrons. The first-order valence-corrected chi connectivity index (χ1v) is 8.96. The molecule has 0 unspecified atom stereocenters. The summed E-state index contributed by atoms with van der Waals surface area (Å²) in [6.45, 7) is 1.63. The number of fused-ring (bicyclic) bond motifs is 1. The molecule has 0 aliphatic carbocycles. The Kier molecular flexibility index (Phi) is 4.43. The zero-order valence-electron chi connectivity index (χ0n) is 13.9. The molecule has 2 aromatic carbocycles. The summed E-state index contributed by atoms with van der Waals surface area (Å²) in [7, 11) is -2.74. The Morgan fingerprint density at radius 2 is 1.96 bits per heavy atom. The minimum Gasteiger partial charge on any atom is -0.495 e. The number of sulfonamides is 1. The van der Waals surface area contributed by atoms with E-state index in [1.54, 1.807) is 6.92 Å². The number of anilines is 1. The fourth-order valence-electron chi connectivity index (χ4n) is 2.57. The van der Waals surface area contributed by atoms with Crippen LogP contribution in [0.1, 0.15) is 16.1 Å². The van der Waals surface area contributed by atoms with E-state index < -0.39 is 21.7 Å². The molecule has 0 aliphatic heterocycles. The lowest BCUT2D eigenvalue weighted by Gasteiger charge is -2.10. The van der Waals surface area contributed by atoms with E-state index in [1.165, 1.54) is 43.5 Å². The van der Waals surface area contributed by atoms with Gasteiger partial charge in [0.2, 0.25) is 10.0 Å². The third kappa shape index (κ3) is 3.26. The van der Waals surface area contributed by atoms with Crippen molar-refractivity contribution in [1.82, 2.24) is 0 Å². The largest absolute Gasteiger partial charge is 0.495 e. The van der Waals surface area contributed by atoms with Crippen molar-refractivity contribution < 1.29 is 26.8 Å². The Hall–Kier alpha value is -2.91. The van der Waals surface area contributed by atoms with Crippen LogP contribution in [0.25, 0.3) is 11.0 Å². The van der Waals surface area contributed by atoms with E-state index in [0.29, 0.717) is 16.5 Å². The van der Waals surface area contributed by atoms with Crippen molar-refractivity contribution >= 4 is 32.6 Å². The monoisotopic (exact) mass is 378 g/mol. The van der Waals surface area contributed by atoms with Crippen LogP contribution in [-0.4, -0.2) is 21.4 Å². The van der Waals surface area contributed by atoms with Gasteiger partial charge in [0.25, 0.3) is 5.91 Å². The molecule has 3 rings (SSSR count). The predicted molar refractivity (Wildman–Crippen MR) is 93.2 cm³/mol. The maximum absolute atomic E-state index is 13.4. The lowest BCUT2D eigenvalue weighted by molar-refractivity contribution is 0.0998. The molecular formula is C17H15FN2O5S. The summed E-state index contributed by atoms with van der Waals surface area (Å²) in [5.41, 5.74) is 1.03. The Morgan fingerprint density at radius 1 is 1.23 bits per heavy atom. The van der Waals surface area contributed by atoms with E-state index in [0.717, 1.165) is 0 Å². The van der Waals surface area contributed by atoms with Crippen molar-refractivity contribution in [3.05, 3.63) is 53.5 Å². The van der Waals surface area contributed by atoms with E-state index in [9.17, 15) is 17.6 Å². The zero-order chi connectivity index (χ0) is 19.1. The molecule has 0 saturated carbocycles. The third-order valence-electron chi connectivity index (χ3n) is 3.83. The van der Waals surface area contributed by atoms with Crippen molar-refractivity contribution in [3.63, 3.8) is 0 Å². The first-order chi connectivity index (χ1) is 12.2. The fourth-order valence-corrected chi connectivity index (χ4v) is 3.30. The van der Waals surface area contributed by atoms with Crippen molar-refractivity contribution in [2.24, 2.45) is 5.14 Å². The highest BCUT2D eigenvalue weighted by Crippen LogP contribution is 2.29. The number of hydrogen-bond acceptors (Lipinski definition) is 5. The Morgan fingerprint density at radius 3 is 2.62 bits per heavy atom. The summed E-state index contributed by atoms with van der Waals surface area (Å²) in [5.74, 6) is -0.995. The molecule has 7 nitrogen and oxygen atoms in total. The number of amides is 1. The molecule has 0 atom stereocenters. The maximum atomic E-state index is 13.4. The van der Waals surface area contributed by atoms with Gasteiger partial charge in [0, 0.05) is 16.6 Å². The van der Waals surface area contributed by atoms with Gasteiger partial charge in [0.1, 0.15) is 22.0 Å². The van der Waals surface area contributed by atoms with Crippen LogP contribution in [-0.2, 0) is 10.0 Å². The predicted octanol–water partition coefficient (Wildman–Crippen LogP) is 2.79. The van der Waals surface area contributed by atoms with E-state index >= 15 is 0 Å². The van der Waals surface area contributed by atoms with E-state index in [1.807, 2.05) is 0 Å². The number of carbonyl (C=O) groups excluding carboxylic acids is 1. The first kappa shape index (κ1) is 17.9. The normalized spacial score (nSPS) is 11.5. The molecule has 0 fully saturated rings. The van der Waals surface area contributed by atoms with Crippen molar-refractivity contribution in [2.75, 3.05) is 12.4 Å². The molecule has 9 heteroatoms. The van der Waals surface area contributed by atoms with E-state index in [4.69, 9.17) is 14.3 Å². The van der Waals surface area contributed by atoms with Crippen LogP contribution in [0, 0.1) is 12.7 Å². The van der Waals surface area contributed by atoms with Gasteiger partial charge in [-0.1, -0.05) is 0 Å². The molecular weight excluding hydrogens is 363 g/mol. The zero-order valence-corrected chi connectivity index (χ0v) is 14.7. The third-order valence-corrected chi connectivity index (χ3v) is 4.76. The smallest absolute Gasteiger partial charge is 0.291 e. The Balaban J connectivity index is 1.97. The Labute approximate surface area is 148 Å². The van der Waals surface area contributed by atoms with Crippen LogP contribution in [0.4, 0.5) is 10.1 Å². The van der Waals surface area contributed by atoms with Crippen LogP contribution in [0.3, 0.4) is 0 Å².